The highest BCUT2D eigenvalue weighted by atomic mass is 16.6. The molecule has 0 aliphatic carbocycles. The molecule has 0 N–H and O–H groups in total. The third-order valence-electron chi connectivity index (χ3n) is 2.44. The standard InChI is InChI=1S/C12H11NO5/c1-7(14)11(8(2)15)12(16)9-5-3-4-6-10(9)13(17)18/h3-6,11H,1-2H3. The fourth-order valence-corrected chi connectivity index (χ4v) is 1.65. The van der Waals surface area contributed by atoms with Gasteiger partial charge in [0.2, 0.25) is 0 Å². The lowest BCUT2D eigenvalue weighted by Crippen LogP contribution is -2.29. The summed E-state index contributed by atoms with van der Waals surface area (Å²) in [4.78, 5) is 44.6. The molecule has 6 heteroatoms. The zero-order valence-corrected chi connectivity index (χ0v) is 9.88. The van der Waals surface area contributed by atoms with Crippen LogP contribution in [-0.4, -0.2) is 22.3 Å². The molecule has 0 spiro atoms. The van der Waals surface area contributed by atoms with Gasteiger partial charge in [-0.1, -0.05) is 12.1 Å². The Kier molecular flexibility index (Phi) is 4.04. The van der Waals surface area contributed by atoms with Crippen LogP contribution in [0, 0.1) is 16.0 Å². The number of Topliss-reactive ketones (excluding diaryl/α,β-unsaturated/α-hetero) is 3. The maximum atomic E-state index is 12.0. The minimum absolute atomic E-state index is 0.224. The first kappa shape index (κ1) is 13.7. The fourth-order valence-electron chi connectivity index (χ4n) is 1.65. The van der Waals surface area contributed by atoms with Crippen molar-refractivity contribution in [2.45, 2.75) is 13.8 Å². The second-order valence-corrected chi connectivity index (χ2v) is 3.79. The van der Waals surface area contributed by atoms with Gasteiger partial charge in [0.15, 0.2) is 5.78 Å². The SMILES string of the molecule is CC(=O)C(C(C)=O)C(=O)c1ccccc1[N+](=O)[O-]. The summed E-state index contributed by atoms with van der Waals surface area (Å²) < 4.78 is 0. The smallest absolute Gasteiger partial charge is 0.280 e. The van der Waals surface area contributed by atoms with E-state index in [2.05, 4.69) is 0 Å². The number of benzene rings is 1. The quantitative estimate of drug-likeness (QED) is 0.341. The summed E-state index contributed by atoms with van der Waals surface area (Å²) in [7, 11) is 0. The van der Waals surface area contributed by atoms with E-state index in [0.717, 1.165) is 19.9 Å². The molecule has 0 bridgehead atoms. The van der Waals surface area contributed by atoms with Crippen molar-refractivity contribution < 1.29 is 19.3 Å². The molecule has 1 rings (SSSR count). The lowest BCUT2D eigenvalue weighted by Gasteiger charge is -2.09. The van der Waals surface area contributed by atoms with E-state index in [1.165, 1.54) is 18.2 Å². The van der Waals surface area contributed by atoms with E-state index in [-0.39, 0.29) is 5.56 Å². The van der Waals surface area contributed by atoms with E-state index < -0.39 is 33.9 Å². The molecule has 6 nitrogen and oxygen atoms in total. The van der Waals surface area contributed by atoms with E-state index in [1.54, 1.807) is 0 Å². The van der Waals surface area contributed by atoms with Gasteiger partial charge in [-0.25, -0.2) is 0 Å². The lowest BCUT2D eigenvalue weighted by atomic mass is 9.90. The van der Waals surface area contributed by atoms with Gasteiger partial charge in [0.1, 0.15) is 17.5 Å². The van der Waals surface area contributed by atoms with Crippen LogP contribution < -0.4 is 0 Å². The van der Waals surface area contributed by atoms with Gasteiger partial charge in [-0.05, 0) is 19.9 Å². The molecule has 0 aliphatic rings. The van der Waals surface area contributed by atoms with E-state index in [1.807, 2.05) is 0 Å². The number of carbonyl (C=O) groups is 3. The molecule has 0 heterocycles. The minimum Gasteiger partial charge on any atom is -0.299 e. The number of ketones is 3. The molecule has 0 radical (unpaired) electrons. The third kappa shape index (κ3) is 2.65. The van der Waals surface area contributed by atoms with E-state index >= 15 is 0 Å². The highest BCUT2D eigenvalue weighted by Crippen LogP contribution is 2.22. The van der Waals surface area contributed by atoms with Crippen LogP contribution in [0.4, 0.5) is 5.69 Å². The largest absolute Gasteiger partial charge is 0.299 e. The van der Waals surface area contributed by atoms with Crippen LogP contribution >= 0.6 is 0 Å². The molecule has 1 aromatic rings. The Bertz CT molecular complexity index is 521. The zero-order valence-electron chi connectivity index (χ0n) is 9.88. The lowest BCUT2D eigenvalue weighted by molar-refractivity contribution is -0.385. The van der Waals surface area contributed by atoms with Crippen LogP contribution in [0.1, 0.15) is 24.2 Å². The first-order valence-corrected chi connectivity index (χ1v) is 5.14. The van der Waals surface area contributed by atoms with Gasteiger partial charge in [0.05, 0.1) is 10.5 Å². The summed E-state index contributed by atoms with van der Waals surface area (Å²) in [5, 5.41) is 10.8. The number of nitrogens with zero attached hydrogens (tertiary/aromatic N) is 1. The fraction of sp³-hybridized carbons (Fsp3) is 0.250. The van der Waals surface area contributed by atoms with Gasteiger partial charge >= 0.3 is 0 Å². The van der Waals surface area contributed by atoms with Crippen molar-refractivity contribution in [1.82, 2.24) is 0 Å². The highest BCUT2D eigenvalue weighted by molar-refractivity contribution is 6.24. The average molecular weight is 249 g/mol. The predicted octanol–water partition coefficient (Wildman–Crippen LogP) is 1.57. The Morgan fingerprint density at radius 1 is 1.11 bits per heavy atom. The maximum Gasteiger partial charge on any atom is 0.280 e. The Labute approximate surface area is 103 Å². The van der Waals surface area contributed by atoms with Crippen molar-refractivity contribution in [2.75, 3.05) is 0 Å². The topological polar surface area (TPSA) is 94.3 Å². The number of para-hydroxylation sites is 1. The Morgan fingerprint density at radius 2 is 1.61 bits per heavy atom. The number of hydrogen-bond acceptors (Lipinski definition) is 5. The molecule has 0 aliphatic heterocycles. The van der Waals surface area contributed by atoms with Crippen molar-refractivity contribution in [3.63, 3.8) is 0 Å². The highest BCUT2D eigenvalue weighted by Gasteiger charge is 2.32. The van der Waals surface area contributed by atoms with Gasteiger partial charge in [0.25, 0.3) is 5.69 Å². The number of nitro benzene ring substituents is 1. The number of hydrogen-bond donors (Lipinski definition) is 0. The van der Waals surface area contributed by atoms with E-state index in [9.17, 15) is 24.5 Å². The van der Waals surface area contributed by atoms with Crippen molar-refractivity contribution >= 4 is 23.0 Å². The molecular weight excluding hydrogens is 238 g/mol. The summed E-state index contributed by atoms with van der Waals surface area (Å²) in [6.07, 6.45) is 0. The van der Waals surface area contributed by atoms with Gasteiger partial charge in [-0.3, -0.25) is 24.5 Å². The number of carbonyl (C=O) groups excluding carboxylic acids is 3. The molecule has 0 saturated carbocycles. The number of rotatable bonds is 5. The predicted molar refractivity (Wildman–Crippen MR) is 62.3 cm³/mol. The summed E-state index contributed by atoms with van der Waals surface area (Å²) in [5.41, 5.74) is -0.632. The van der Waals surface area contributed by atoms with Crippen LogP contribution in [0.5, 0.6) is 0 Å². The molecule has 0 atom stereocenters. The molecule has 0 unspecified atom stereocenters. The van der Waals surface area contributed by atoms with Crippen LogP contribution in [0.3, 0.4) is 0 Å². The molecular formula is C12H11NO5. The summed E-state index contributed by atoms with van der Waals surface area (Å²) in [6, 6.07) is 5.24. The first-order valence-electron chi connectivity index (χ1n) is 5.14. The second kappa shape index (κ2) is 5.31. The Hall–Kier alpha value is -2.37. The molecule has 94 valence electrons. The van der Waals surface area contributed by atoms with Crippen LogP contribution in [-0.2, 0) is 9.59 Å². The number of nitro groups is 1. The first-order chi connectivity index (χ1) is 8.36. The summed E-state index contributed by atoms with van der Waals surface area (Å²) in [5.74, 6) is -3.54. The van der Waals surface area contributed by atoms with Crippen LogP contribution in [0.15, 0.2) is 24.3 Å². The summed E-state index contributed by atoms with van der Waals surface area (Å²) in [6.45, 7) is 2.22. The second-order valence-electron chi connectivity index (χ2n) is 3.79. The molecule has 18 heavy (non-hydrogen) atoms. The summed E-state index contributed by atoms with van der Waals surface area (Å²) >= 11 is 0. The van der Waals surface area contributed by atoms with Crippen molar-refractivity contribution in [3.05, 3.63) is 39.9 Å². The average Bonchev–Trinajstić information content (AvgIpc) is 2.27. The zero-order chi connectivity index (χ0) is 13.9. The normalized spacial score (nSPS) is 10.2. The third-order valence-corrected chi connectivity index (χ3v) is 2.44. The van der Waals surface area contributed by atoms with Crippen molar-refractivity contribution in [2.24, 2.45) is 5.92 Å². The van der Waals surface area contributed by atoms with Crippen LogP contribution in [0.25, 0.3) is 0 Å². The van der Waals surface area contributed by atoms with E-state index in [0.29, 0.717) is 0 Å². The molecule has 0 saturated heterocycles. The molecule has 0 amide bonds. The van der Waals surface area contributed by atoms with Gasteiger partial charge in [-0.2, -0.15) is 0 Å². The van der Waals surface area contributed by atoms with Crippen molar-refractivity contribution in [1.29, 1.82) is 0 Å². The van der Waals surface area contributed by atoms with E-state index in [4.69, 9.17) is 0 Å². The van der Waals surface area contributed by atoms with Gasteiger partial charge < -0.3 is 0 Å². The monoisotopic (exact) mass is 249 g/mol. The Morgan fingerprint density at radius 3 is 2.06 bits per heavy atom. The van der Waals surface area contributed by atoms with Gasteiger partial charge in [0, 0.05) is 6.07 Å². The van der Waals surface area contributed by atoms with Gasteiger partial charge in [-0.15, -0.1) is 0 Å². The molecule has 0 fully saturated rings. The molecule has 0 aromatic heterocycles. The molecule has 1 aromatic carbocycles. The minimum atomic E-state index is -1.47. The Balaban J connectivity index is 3.30. The van der Waals surface area contributed by atoms with Crippen LogP contribution in [0.2, 0.25) is 0 Å². The maximum absolute atomic E-state index is 12.0. The van der Waals surface area contributed by atoms with Crippen molar-refractivity contribution in [3.8, 4) is 0 Å².